The molecule has 0 N–H and O–H groups in total. The van der Waals surface area contributed by atoms with Crippen LogP contribution in [-0.2, 0) is 27.7 Å². The highest BCUT2D eigenvalue weighted by Crippen LogP contribution is 2.34. The number of amides is 1. The SMILES string of the molecule is Cc1ccc(C)c(S(=O)(=O)N(CCc2ccccc2)CC(=O)N2c3ccc(Br)cc3CC2C)c1. The van der Waals surface area contributed by atoms with Crippen LogP contribution >= 0.6 is 15.9 Å². The summed E-state index contributed by atoms with van der Waals surface area (Å²) in [4.78, 5) is 15.6. The van der Waals surface area contributed by atoms with Gasteiger partial charge in [0.1, 0.15) is 0 Å². The van der Waals surface area contributed by atoms with Gasteiger partial charge in [0.15, 0.2) is 0 Å². The van der Waals surface area contributed by atoms with Crippen LogP contribution in [-0.4, -0.2) is 37.8 Å². The van der Waals surface area contributed by atoms with Gasteiger partial charge in [-0.2, -0.15) is 4.31 Å². The molecule has 1 amide bonds. The Morgan fingerprint density at radius 3 is 2.53 bits per heavy atom. The summed E-state index contributed by atoms with van der Waals surface area (Å²) in [6.45, 7) is 5.68. The minimum Gasteiger partial charge on any atom is -0.308 e. The van der Waals surface area contributed by atoms with Crippen molar-refractivity contribution in [2.24, 2.45) is 0 Å². The van der Waals surface area contributed by atoms with Crippen molar-refractivity contribution in [1.82, 2.24) is 4.31 Å². The van der Waals surface area contributed by atoms with Crippen molar-refractivity contribution in [3.05, 3.63) is 93.5 Å². The van der Waals surface area contributed by atoms with E-state index in [1.807, 2.05) is 74.5 Å². The lowest BCUT2D eigenvalue weighted by Crippen LogP contribution is -2.45. The first-order valence-corrected chi connectivity index (χ1v) is 13.6. The molecule has 0 aliphatic carbocycles. The lowest BCUT2D eigenvalue weighted by Gasteiger charge is -2.28. The van der Waals surface area contributed by atoms with Crippen LogP contribution in [0.2, 0.25) is 0 Å². The van der Waals surface area contributed by atoms with Crippen molar-refractivity contribution >= 4 is 37.5 Å². The maximum atomic E-state index is 13.8. The molecule has 0 bridgehead atoms. The third-order valence-electron chi connectivity index (χ3n) is 6.29. The molecule has 1 heterocycles. The molecular formula is C27H29BrN2O3S. The fourth-order valence-corrected chi connectivity index (χ4v) is 6.62. The van der Waals surface area contributed by atoms with E-state index in [4.69, 9.17) is 0 Å². The first-order chi connectivity index (χ1) is 16.2. The predicted octanol–water partition coefficient (Wildman–Crippen LogP) is 5.28. The Hall–Kier alpha value is -2.48. The normalized spacial score (nSPS) is 15.6. The molecule has 1 atom stereocenters. The average molecular weight is 542 g/mol. The van der Waals surface area contributed by atoms with E-state index < -0.39 is 10.0 Å². The summed E-state index contributed by atoms with van der Waals surface area (Å²) < 4.78 is 29.9. The van der Waals surface area contributed by atoms with E-state index in [0.29, 0.717) is 12.0 Å². The first kappa shape index (κ1) is 24.6. The monoisotopic (exact) mass is 540 g/mol. The van der Waals surface area contributed by atoms with E-state index in [1.54, 1.807) is 17.9 Å². The van der Waals surface area contributed by atoms with Crippen LogP contribution in [0.3, 0.4) is 0 Å². The Balaban J connectivity index is 1.66. The summed E-state index contributed by atoms with van der Waals surface area (Å²) in [6.07, 6.45) is 1.27. The van der Waals surface area contributed by atoms with E-state index >= 15 is 0 Å². The van der Waals surface area contributed by atoms with E-state index in [-0.39, 0.29) is 29.9 Å². The van der Waals surface area contributed by atoms with Gasteiger partial charge in [0, 0.05) is 22.7 Å². The van der Waals surface area contributed by atoms with Gasteiger partial charge in [0.05, 0.1) is 11.4 Å². The topological polar surface area (TPSA) is 57.7 Å². The van der Waals surface area contributed by atoms with E-state index in [2.05, 4.69) is 15.9 Å². The number of hydrogen-bond acceptors (Lipinski definition) is 3. The molecule has 1 aliphatic heterocycles. The number of rotatable bonds is 7. The third kappa shape index (κ3) is 5.11. The third-order valence-corrected chi connectivity index (χ3v) is 8.77. The Morgan fingerprint density at radius 2 is 1.79 bits per heavy atom. The summed E-state index contributed by atoms with van der Waals surface area (Å²) in [5.41, 5.74) is 4.51. The van der Waals surface area contributed by atoms with Crippen molar-refractivity contribution in [3.8, 4) is 0 Å². The highest BCUT2D eigenvalue weighted by molar-refractivity contribution is 9.10. The second kappa shape index (κ2) is 10.0. The molecule has 0 saturated heterocycles. The lowest BCUT2D eigenvalue weighted by molar-refractivity contribution is -0.119. The smallest absolute Gasteiger partial charge is 0.243 e. The average Bonchev–Trinajstić information content (AvgIpc) is 3.13. The maximum Gasteiger partial charge on any atom is 0.243 e. The summed E-state index contributed by atoms with van der Waals surface area (Å²) in [5, 5.41) is 0. The molecule has 0 radical (unpaired) electrons. The molecule has 3 aromatic rings. The summed E-state index contributed by atoms with van der Waals surface area (Å²) >= 11 is 3.50. The fraction of sp³-hybridized carbons (Fsp3) is 0.296. The zero-order chi connectivity index (χ0) is 24.5. The van der Waals surface area contributed by atoms with Crippen LogP contribution in [0.1, 0.15) is 29.2 Å². The van der Waals surface area contributed by atoms with Gasteiger partial charge in [-0.05, 0) is 80.1 Å². The zero-order valence-electron chi connectivity index (χ0n) is 19.7. The lowest BCUT2D eigenvalue weighted by atomic mass is 10.1. The number of aryl methyl sites for hydroxylation is 2. The number of benzene rings is 3. The highest BCUT2D eigenvalue weighted by Gasteiger charge is 2.35. The van der Waals surface area contributed by atoms with Crippen molar-refractivity contribution in [1.29, 1.82) is 0 Å². The molecular weight excluding hydrogens is 512 g/mol. The van der Waals surface area contributed by atoms with Crippen LogP contribution in [0, 0.1) is 13.8 Å². The minimum absolute atomic E-state index is 0.0313. The predicted molar refractivity (Wildman–Crippen MR) is 140 cm³/mol. The molecule has 5 nitrogen and oxygen atoms in total. The Kier molecular flexibility index (Phi) is 7.26. The molecule has 7 heteroatoms. The molecule has 0 aromatic heterocycles. The molecule has 3 aromatic carbocycles. The maximum absolute atomic E-state index is 13.8. The Bertz CT molecular complexity index is 1310. The number of nitrogens with zero attached hydrogens (tertiary/aromatic N) is 2. The van der Waals surface area contributed by atoms with Gasteiger partial charge in [-0.15, -0.1) is 0 Å². The second-order valence-electron chi connectivity index (χ2n) is 8.93. The molecule has 1 aliphatic rings. The number of carbonyl (C=O) groups is 1. The van der Waals surface area contributed by atoms with E-state index in [0.717, 1.165) is 33.3 Å². The molecule has 4 rings (SSSR count). The summed E-state index contributed by atoms with van der Waals surface area (Å²) in [7, 11) is -3.87. The van der Waals surface area contributed by atoms with Crippen LogP contribution < -0.4 is 4.90 Å². The van der Waals surface area contributed by atoms with Crippen LogP contribution in [0.4, 0.5) is 5.69 Å². The summed E-state index contributed by atoms with van der Waals surface area (Å²) in [5.74, 6) is -0.212. The van der Waals surface area contributed by atoms with Gasteiger partial charge in [-0.3, -0.25) is 4.79 Å². The molecule has 34 heavy (non-hydrogen) atoms. The number of hydrogen-bond donors (Lipinski definition) is 0. The number of carbonyl (C=O) groups excluding carboxylic acids is 1. The Labute approximate surface area is 210 Å². The van der Waals surface area contributed by atoms with Gasteiger partial charge in [0.2, 0.25) is 15.9 Å². The zero-order valence-corrected chi connectivity index (χ0v) is 22.1. The van der Waals surface area contributed by atoms with E-state index in [9.17, 15) is 13.2 Å². The van der Waals surface area contributed by atoms with Crippen LogP contribution in [0.15, 0.2) is 76.1 Å². The van der Waals surface area contributed by atoms with Crippen molar-refractivity contribution < 1.29 is 13.2 Å². The quantitative estimate of drug-likeness (QED) is 0.409. The fourth-order valence-electron chi connectivity index (χ4n) is 4.51. The van der Waals surface area contributed by atoms with Crippen molar-refractivity contribution in [2.45, 2.75) is 44.6 Å². The number of fused-ring (bicyclic) bond motifs is 1. The minimum atomic E-state index is -3.87. The molecule has 0 saturated carbocycles. The number of halogens is 1. The van der Waals surface area contributed by atoms with Gasteiger partial charge in [-0.25, -0.2) is 8.42 Å². The van der Waals surface area contributed by atoms with Crippen LogP contribution in [0.5, 0.6) is 0 Å². The number of sulfonamides is 1. The van der Waals surface area contributed by atoms with Gasteiger partial charge in [0.25, 0.3) is 0 Å². The Morgan fingerprint density at radius 1 is 1.06 bits per heavy atom. The van der Waals surface area contributed by atoms with Gasteiger partial charge >= 0.3 is 0 Å². The second-order valence-corrected chi connectivity index (χ2v) is 11.8. The van der Waals surface area contributed by atoms with Gasteiger partial charge < -0.3 is 4.90 Å². The molecule has 0 fully saturated rings. The largest absolute Gasteiger partial charge is 0.308 e. The van der Waals surface area contributed by atoms with Gasteiger partial charge in [-0.1, -0.05) is 58.4 Å². The highest BCUT2D eigenvalue weighted by atomic mass is 79.9. The van der Waals surface area contributed by atoms with Crippen LogP contribution in [0.25, 0.3) is 0 Å². The standard InChI is InChI=1S/C27H29BrN2O3S/c1-19-9-10-20(2)26(15-19)34(32,33)29(14-13-22-7-5-4-6-8-22)18-27(31)30-21(3)16-23-17-24(28)11-12-25(23)30/h4-12,15,17,21H,13-14,16,18H2,1-3H3. The molecule has 0 spiro atoms. The summed E-state index contributed by atoms with van der Waals surface area (Å²) in [6, 6.07) is 21.0. The number of anilines is 1. The molecule has 178 valence electrons. The van der Waals surface area contributed by atoms with Crippen molar-refractivity contribution in [2.75, 3.05) is 18.0 Å². The van der Waals surface area contributed by atoms with E-state index in [1.165, 1.54) is 4.31 Å². The first-order valence-electron chi connectivity index (χ1n) is 11.4. The van der Waals surface area contributed by atoms with Crippen molar-refractivity contribution in [3.63, 3.8) is 0 Å². The molecule has 1 unspecified atom stereocenters.